The standard InChI is InChI=1S/C16H16BrFO2/c1-20-16(12-5-3-2-4-6-12)15(19)9-11-7-13(17)10-14(18)8-11/h2-8,10,15-16,19H,9H2,1H3. The summed E-state index contributed by atoms with van der Waals surface area (Å²) in [6.07, 6.45) is -0.849. The van der Waals surface area contributed by atoms with Crippen molar-refractivity contribution in [1.82, 2.24) is 0 Å². The van der Waals surface area contributed by atoms with Gasteiger partial charge in [0.25, 0.3) is 0 Å². The molecule has 2 unspecified atom stereocenters. The van der Waals surface area contributed by atoms with Gasteiger partial charge in [-0.15, -0.1) is 0 Å². The minimum Gasteiger partial charge on any atom is -0.390 e. The third kappa shape index (κ3) is 3.88. The zero-order chi connectivity index (χ0) is 14.5. The average Bonchev–Trinajstić information content (AvgIpc) is 2.39. The lowest BCUT2D eigenvalue weighted by Crippen LogP contribution is -2.22. The molecule has 0 bridgehead atoms. The summed E-state index contributed by atoms with van der Waals surface area (Å²) < 4.78 is 19.4. The number of hydrogen-bond acceptors (Lipinski definition) is 2. The van der Waals surface area contributed by atoms with E-state index in [1.54, 1.807) is 13.2 Å². The second-order valence-corrected chi connectivity index (χ2v) is 5.53. The van der Waals surface area contributed by atoms with Crippen LogP contribution in [0.15, 0.2) is 53.0 Å². The van der Waals surface area contributed by atoms with Crippen molar-refractivity contribution in [2.45, 2.75) is 18.6 Å². The highest BCUT2D eigenvalue weighted by Gasteiger charge is 2.21. The molecule has 4 heteroatoms. The number of aliphatic hydroxyl groups excluding tert-OH is 1. The van der Waals surface area contributed by atoms with E-state index in [-0.39, 0.29) is 5.82 Å². The van der Waals surface area contributed by atoms with Crippen LogP contribution in [0.1, 0.15) is 17.2 Å². The summed E-state index contributed by atoms with van der Waals surface area (Å²) in [6.45, 7) is 0. The lowest BCUT2D eigenvalue weighted by atomic mass is 9.98. The van der Waals surface area contributed by atoms with Crippen molar-refractivity contribution in [2.24, 2.45) is 0 Å². The summed E-state index contributed by atoms with van der Waals surface area (Å²) in [5.74, 6) is -0.324. The zero-order valence-corrected chi connectivity index (χ0v) is 12.7. The molecule has 0 spiro atoms. The molecule has 0 amide bonds. The van der Waals surface area contributed by atoms with Gasteiger partial charge in [0.2, 0.25) is 0 Å². The van der Waals surface area contributed by atoms with Crippen LogP contribution in [0.5, 0.6) is 0 Å². The number of methoxy groups -OCH3 is 1. The predicted octanol–water partition coefficient (Wildman–Crippen LogP) is 3.88. The molecule has 0 saturated carbocycles. The number of halogens is 2. The molecule has 106 valence electrons. The van der Waals surface area contributed by atoms with Crippen LogP contribution in [-0.4, -0.2) is 18.3 Å². The largest absolute Gasteiger partial charge is 0.390 e. The lowest BCUT2D eigenvalue weighted by Gasteiger charge is -2.22. The molecule has 20 heavy (non-hydrogen) atoms. The monoisotopic (exact) mass is 338 g/mol. The smallest absolute Gasteiger partial charge is 0.124 e. The highest BCUT2D eigenvalue weighted by Crippen LogP contribution is 2.24. The normalized spacial score (nSPS) is 14.0. The number of aliphatic hydroxyl groups is 1. The van der Waals surface area contributed by atoms with E-state index in [0.29, 0.717) is 10.9 Å². The first-order chi connectivity index (χ1) is 9.60. The van der Waals surface area contributed by atoms with Crippen LogP contribution in [0.25, 0.3) is 0 Å². The predicted molar refractivity (Wildman–Crippen MR) is 80.0 cm³/mol. The summed E-state index contributed by atoms with van der Waals surface area (Å²) in [5, 5.41) is 10.3. The molecular formula is C16H16BrFO2. The molecule has 0 aliphatic carbocycles. The maximum atomic E-state index is 13.3. The zero-order valence-electron chi connectivity index (χ0n) is 11.1. The molecule has 0 heterocycles. The Morgan fingerprint density at radius 1 is 1.20 bits per heavy atom. The summed E-state index contributed by atoms with van der Waals surface area (Å²) in [6, 6.07) is 14.1. The molecule has 2 aromatic carbocycles. The van der Waals surface area contributed by atoms with E-state index in [9.17, 15) is 9.50 Å². The van der Waals surface area contributed by atoms with Crippen molar-refractivity contribution in [2.75, 3.05) is 7.11 Å². The van der Waals surface area contributed by atoms with Gasteiger partial charge in [0.05, 0.1) is 6.10 Å². The number of hydrogen-bond donors (Lipinski definition) is 1. The SMILES string of the molecule is COC(c1ccccc1)C(O)Cc1cc(F)cc(Br)c1. The van der Waals surface area contributed by atoms with Gasteiger partial charge in [-0.2, -0.15) is 0 Å². The third-order valence-electron chi connectivity index (χ3n) is 3.10. The lowest BCUT2D eigenvalue weighted by molar-refractivity contribution is -0.0128. The van der Waals surface area contributed by atoms with Gasteiger partial charge in [-0.3, -0.25) is 0 Å². The Balaban J connectivity index is 2.15. The van der Waals surface area contributed by atoms with Crippen molar-refractivity contribution >= 4 is 15.9 Å². The van der Waals surface area contributed by atoms with E-state index in [2.05, 4.69) is 15.9 Å². The first-order valence-electron chi connectivity index (χ1n) is 6.31. The summed E-state index contributed by atoms with van der Waals surface area (Å²) in [5.41, 5.74) is 1.63. The van der Waals surface area contributed by atoms with Gasteiger partial charge in [-0.1, -0.05) is 46.3 Å². The molecule has 2 rings (SSSR count). The van der Waals surface area contributed by atoms with Crippen molar-refractivity contribution in [3.63, 3.8) is 0 Å². The molecular weight excluding hydrogens is 323 g/mol. The first-order valence-corrected chi connectivity index (χ1v) is 7.10. The molecule has 0 radical (unpaired) electrons. The Morgan fingerprint density at radius 2 is 1.90 bits per heavy atom. The third-order valence-corrected chi connectivity index (χ3v) is 3.56. The molecule has 1 N–H and O–H groups in total. The Bertz CT molecular complexity index is 539. The quantitative estimate of drug-likeness (QED) is 0.896. The maximum Gasteiger partial charge on any atom is 0.124 e. The van der Waals surface area contributed by atoms with Crippen LogP contribution in [0.3, 0.4) is 0 Å². The number of ether oxygens (including phenoxy) is 1. The van der Waals surface area contributed by atoms with E-state index < -0.39 is 12.2 Å². The second kappa shape index (κ2) is 6.97. The fourth-order valence-electron chi connectivity index (χ4n) is 2.24. The van der Waals surface area contributed by atoms with Crippen LogP contribution >= 0.6 is 15.9 Å². The van der Waals surface area contributed by atoms with Gasteiger partial charge in [-0.05, 0) is 29.3 Å². The molecule has 0 saturated heterocycles. The van der Waals surface area contributed by atoms with E-state index in [0.717, 1.165) is 11.1 Å². The fraction of sp³-hybridized carbons (Fsp3) is 0.250. The van der Waals surface area contributed by atoms with Crippen molar-refractivity contribution in [1.29, 1.82) is 0 Å². The molecule has 2 aromatic rings. The highest BCUT2D eigenvalue weighted by atomic mass is 79.9. The van der Waals surface area contributed by atoms with Gasteiger partial charge in [-0.25, -0.2) is 4.39 Å². The first kappa shape index (κ1) is 15.2. The second-order valence-electron chi connectivity index (χ2n) is 4.62. The van der Waals surface area contributed by atoms with Crippen LogP contribution in [0, 0.1) is 5.82 Å². The van der Waals surface area contributed by atoms with Crippen LogP contribution < -0.4 is 0 Å². The van der Waals surface area contributed by atoms with Gasteiger partial charge in [0, 0.05) is 18.0 Å². The molecule has 0 aromatic heterocycles. The Morgan fingerprint density at radius 3 is 2.50 bits per heavy atom. The molecule has 2 nitrogen and oxygen atoms in total. The molecule has 0 fully saturated rings. The van der Waals surface area contributed by atoms with Crippen molar-refractivity contribution in [3.8, 4) is 0 Å². The molecule has 0 aliphatic heterocycles. The van der Waals surface area contributed by atoms with Crippen molar-refractivity contribution < 1.29 is 14.2 Å². The Kier molecular flexibility index (Phi) is 5.29. The van der Waals surface area contributed by atoms with Gasteiger partial charge in [0.1, 0.15) is 11.9 Å². The molecule has 0 aliphatic rings. The summed E-state index contributed by atoms with van der Waals surface area (Å²) in [7, 11) is 1.56. The number of benzene rings is 2. The maximum absolute atomic E-state index is 13.3. The topological polar surface area (TPSA) is 29.5 Å². The summed E-state index contributed by atoms with van der Waals surface area (Å²) >= 11 is 3.25. The Labute approximate surface area is 126 Å². The van der Waals surface area contributed by atoms with E-state index in [1.165, 1.54) is 12.1 Å². The number of rotatable bonds is 5. The fourth-order valence-corrected chi connectivity index (χ4v) is 2.75. The van der Waals surface area contributed by atoms with Crippen LogP contribution in [0.2, 0.25) is 0 Å². The van der Waals surface area contributed by atoms with Gasteiger partial charge >= 0.3 is 0 Å². The average molecular weight is 339 g/mol. The van der Waals surface area contributed by atoms with Gasteiger partial charge in [0.15, 0.2) is 0 Å². The van der Waals surface area contributed by atoms with Crippen molar-refractivity contribution in [3.05, 3.63) is 69.9 Å². The highest BCUT2D eigenvalue weighted by molar-refractivity contribution is 9.10. The summed E-state index contributed by atoms with van der Waals surface area (Å²) in [4.78, 5) is 0. The minimum absolute atomic E-state index is 0.323. The van der Waals surface area contributed by atoms with E-state index in [4.69, 9.17) is 4.74 Å². The van der Waals surface area contributed by atoms with Crippen LogP contribution in [0.4, 0.5) is 4.39 Å². The van der Waals surface area contributed by atoms with E-state index >= 15 is 0 Å². The Hall–Kier alpha value is -1.23. The van der Waals surface area contributed by atoms with Gasteiger partial charge < -0.3 is 9.84 Å². The van der Waals surface area contributed by atoms with Crippen LogP contribution in [-0.2, 0) is 11.2 Å². The molecule has 2 atom stereocenters. The van der Waals surface area contributed by atoms with E-state index in [1.807, 2.05) is 30.3 Å². The minimum atomic E-state index is -0.740.